The van der Waals surface area contributed by atoms with Crippen molar-refractivity contribution in [1.29, 1.82) is 0 Å². The van der Waals surface area contributed by atoms with Gasteiger partial charge in [-0.2, -0.15) is 0 Å². The first-order valence-corrected chi connectivity index (χ1v) is 9.11. The highest BCUT2D eigenvalue weighted by Gasteiger charge is 2.18. The Morgan fingerprint density at radius 2 is 1.72 bits per heavy atom. The van der Waals surface area contributed by atoms with Gasteiger partial charge in [0, 0.05) is 18.0 Å². The highest BCUT2D eigenvalue weighted by molar-refractivity contribution is 5.84. The SMILES string of the molecule is Oc1c2cccnc2cn1Cc1c(F)cc(-c2ccc3c(c2)OCCO3)cc1F. The molecule has 0 spiro atoms. The van der Waals surface area contributed by atoms with Gasteiger partial charge in [-0.25, -0.2) is 8.78 Å². The van der Waals surface area contributed by atoms with Crippen molar-refractivity contribution in [2.24, 2.45) is 0 Å². The summed E-state index contributed by atoms with van der Waals surface area (Å²) in [5, 5.41) is 10.9. The Morgan fingerprint density at radius 3 is 2.48 bits per heavy atom. The third kappa shape index (κ3) is 3.04. The second-order valence-corrected chi connectivity index (χ2v) is 6.79. The van der Waals surface area contributed by atoms with Crippen LogP contribution in [-0.2, 0) is 6.54 Å². The quantitative estimate of drug-likeness (QED) is 0.556. The molecule has 0 saturated heterocycles. The van der Waals surface area contributed by atoms with Gasteiger partial charge in [-0.3, -0.25) is 4.98 Å². The zero-order valence-corrected chi connectivity index (χ0v) is 15.2. The summed E-state index contributed by atoms with van der Waals surface area (Å²) in [6, 6.07) is 11.1. The maximum Gasteiger partial charge on any atom is 0.201 e. The van der Waals surface area contributed by atoms with E-state index in [1.807, 2.05) is 0 Å². The van der Waals surface area contributed by atoms with Gasteiger partial charge in [-0.15, -0.1) is 0 Å². The lowest BCUT2D eigenvalue weighted by atomic mass is 10.0. The number of pyridine rings is 1. The zero-order valence-electron chi connectivity index (χ0n) is 15.2. The summed E-state index contributed by atoms with van der Waals surface area (Å²) < 4.78 is 42.0. The fourth-order valence-electron chi connectivity index (χ4n) is 3.51. The summed E-state index contributed by atoms with van der Waals surface area (Å²) in [7, 11) is 0. The Hall–Kier alpha value is -3.61. The normalized spacial score (nSPS) is 13.0. The van der Waals surface area contributed by atoms with Crippen LogP contribution >= 0.6 is 0 Å². The van der Waals surface area contributed by atoms with E-state index < -0.39 is 11.6 Å². The first-order chi connectivity index (χ1) is 14.1. The molecule has 2 aromatic carbocycles. The summed E-state index contributed by atoms with van der Waals surface area (Å²) >= 11 is 0. The van der Waals surface area contributed by atoms with E-state index in [1.165, 1.54) is 16.7 Å². The van der Waals surface area contributed by atoms with Gasteiger partial charge in [0.1, 0.15) is 24.8 Å². The summed E-state index contributed by atoms with van der Waals surface area (Å²) in [6.45, 7) is 0.754. The summed E-state index contributed by atoms with van der Waals surface area (Å²) in [5.41, 5.74) is 1.43. The Morgan fingerprint density at radius 1 is 0.966 bits per heavy atom. The van der Waals surface area contributed by atoms with E-state index in [9.17, 15) is 13.9 Å². The van der Waals surface area contributed by atoms with Crippen molar-refractivity contribution in [2.75, 3.05) is 13.2 Å². The molecule has 4 aromatic rings. The van der Waals surface area contributed by atoms with Gasteiger partial charge in [0.2, 0.25) is 5.88 Å². The smallest absolute Gasteiger partial charge is 0.201 e. The predicted octanol–water partition coefficient (Wildman–Crippen LogP) is 4.51. The van der Waals surface area contributed by atoms with Crippen molar-refractivity contribution in [1.82, 2.24) is 9.55 Å². The van der Waals surface area contributed by atoms with Crippen molar-refractivity contribution in [3.05, 3.63) is 72.1 Å². The molecule has 0 unspecified atom stereocenters. The molecular formula is C22H16F2N2O3. The third-order valence-corrected chi connectivity index (χ3v) is 4.97. The van der Waals surface area contributed by atoms with Crippen LogP contribution in [0.3, 0.4) is 0 Å². The van der Waals surface area contributed by atoms with Gasteiger partial charge in [0.25, 0.3) is 0 Å². The Kier molecular flexibility index (Phi) is 4.08. The van der Waals surface area contributed by atoms with Crippen LogP contribution in [-0.4, -0.2) is 27.9 Å². The first-order valence-electron chi connectivity index (χ1n) is 9.11. The van der Waals surface area contributed by atoms with E-state index in [2.05, 4.69) is 4.98 Å². The number of halogens is 2. The maximum absolute atomic E-state index is 14.8. The summed E-state index contributed by atoms with van der Waals surface area (Å²) in [4.78, 5) is 4.15. The minimum absolute atomic E-state index is 0.0807. The number of benzene rings is 2. The molecule has 0 bridgehead atoms. The molecule has 0 aliphatic carbocycles. The average Bonchev–Trinajstić information content (AvgIpc) is 3.06. The number of ether oxygens (including phenoxy) is 2. The van der Waals surface area contributed by atoms with E-state index in [1.54, 1.807) is 42.7 Å². The molecule has 0 saturated carbocycles. The maximum atomic E-state index is 14.8. The molecule has 0 radical (unpaired) electrons. The molecule has 2 aromatic heterocycles. The van der Waals surface area contributed by atoms with Gasteiger partial charge < -0.3 is 19.1 Å². The van der Waals surface area contributed by atoms with Crippen LogP contribution in [0.2, 0.25) is 0 Å². The lowest BCUT2D eigenvalue weighted by molar-refractivity contribution is 0.171. The second kappa shape index (κ2) is 6.77. The monoisotopic (exact) mass is 394 g/mol. The minimum atomic E-state index is -0.694. The molecule has 1 aliphatic rings. The summed E-state index contributed by atoms with van der Waals surface area (Å²) in [6.07, 6.45) is 3.16. The van der Waals surface area contributed by atoms with Crippen LogP contribution < -0.4 is 9.47 Å². The van der Waals surface area contributed by atoms with Gasteiger partial charge in [-0.05, 0) is 47.5 Å². The summed E-state index contributed by atoms with van der Waals surface area (Å²) in [5.74, 6) is -0.306. The average molecular weight is 394 g/mol. The Bertz CT molecular complexity index is 1210. The van der Waals surface area contributed by atoms with Crippen LogP contribution in [0.5, 0.6) is 17.4 Å². The number of nitrogens with zero attached hydrogens (tertiary/aromatic N) is 2. The molecule has 7 heteroatoms. The number of fused-ring (bicyclic) bond motifs is 2. The topological polar surface area (TPSA) is 56.5 Å². The van der Waals surface area contributed by atoms with Gasteiger partial charge in [0.15, 0.2) is 11.5 Å². The Balaban J connectivity index is 1.50. The van der Waals surface area contributed by atoms with Crippen molar-refractivity contribution in [3.8, 4) is 28.5 Å². The Labute approximate surface area is 164 Å². The van der Waals surface area contributed by atoms with Crippen molar-refractivity contribution in [2.45, 2.75) is 6.54 Å². The van der Waals surface area contributed by atoms with Crippen molar-refractivity contribution >= 4 is 10.9 Å². The molecule has 5 rings (SSSR count). The predicted molar refractivity (Wildman–Crippen MR) is 103 cm³/mol. The number of aromatic nitrogens is 2. The van der Waals surface area contributed by atoms with E-state index in [4.69, 9.17) is 9.47 Å². The number of aromatic hydroxyl groups is 1. The molecule has 5 nitrogen and oxygen atoms in total. The largest absolute Gasteiger partial charge is 0.494 e. The standard InChI is InChI=1S/C22H16F2N2O3/c23-17-8-14(13-3-4-20-21(10-13)29-7-6-28-20)9-18(24)16(17)11-26-12-19-15(22(26)27)2-1-5-25-19/h1-5,8-10,12,27H,6-7,11H2. The van der Waals surface area contributed by atoms with Gasteiger partial charge in [-0.1, -0.05) is 6.07 Å². The van der Waals surface area contributed by atoms with Crippen LogP contribution in [0.4, 0.5) is 8.78 Å². The molecule has 146 valence electrons. The lowest BCUT2D eigenvalue weighted by Crippen LogP contribution is -2.15. The first kappa shape index (κ1) is 17.5. The molecule has 0 fully saturated rings. The van der Waals surface area contributed by atoms with Gasteiger partial charge in [0.05, 0.1) is 17.4 Å². The van der Waals surface area contributed by atoms with Crippen molar-refractivity contribution < 1.29 is 23.4 Å². The number of hydrogen-bond acceptors (Lipinski definition) is 4. The van der Waals surface area contributed by atoms with Crippen LogP contribution in [0.25, 0.3) is 22.0 Å². The second-order valence-electron chi connectivity index (χ2n) is 6.79. The minimum Gasteiger partial charge on any atom is -0.494 e. The van der Waals surface area contributed by atoms with E-state index in [0.717, 1.165) is 0 Å². The van der Waals surface area contributed by atoms with Gasteiger partial charge >= 0.3 is 0 Å². The molecule has 29 heavy (non-hydrogen) atoms. The van der Waals surface area contributed by atoms with E-state index in [-0.39, 0.29) is 18.0 Å². The van der Waals surface area contributed by atoms with Crippen LogP contribution in [0, 0.1) is 11.6 Å². The molecular weight excluding hydrogens is 378 g/mol. The van der Waals surface area contributed by atoms with E-state index >= 15 is 0 Å². The molecule has 1 aliphatic heterocycles. The van der Waals surface area contributed by atoms with Crippen LogP contribution in [0.1, 0.15) is 5.56 Å². The highest BCUT2D eigenvalue weighted by Crippen LogP contribution is 2.35. The lowest BCUT2D eigenvalue weighted by Gasteiger charge is -2.19. The number of hydrogen-bond donors (Lipinski definition) is 1. The fourth-order valence-corrected chi connectivity index (χ4v) is 3.51. The van der Waals surface area contributed by atoms with Crippen LogP contribution in [0.15, 0.2) is 54.9 Å². The fraction of sp³-hybridized carbons (Fsp3) is 0.136. The molecule has 0 amide bonds. The molecule has 1 N–H and O–H groups in total. The zero-order chi connectivity index (χ0) is 20.0. The van der Waals surface area contributed by atoms with E-state index in [0.29, 0.717) is 46.7 Å². The third-order valence-electron chi connectivity index (χ3n) is 4.97. The highest BCUT2D eigenvalue weighted by atomic mass is 19.1. The number of rotatable bonds is 3. The van der Waals surface area contributed by atoms with Crippen molar-refractivity contribution in [3.63, 3.8) is 0 Å². The molecule has 0 atom stereocenters. The molecule has 3 heterocycles.